The molecule has 0 heterocycles. The van der Waals surface area contributed by atoms with Gasteiger partial charge in [-0.25, -0.2) is 14.0 Å². The molecular formula is C24H55ClN6P-. The van der Waals surface area contributed by atoms with Crippen LogP contribution in [0.3, 0.4) is 0 Å². The van der Waals surface area contributed by atoms with E-state index >= 15 is 0 Å². The van der Waals surface area contributed by atoms with Crippen LogP contribution in [0.2, 0.25) is 0 Å². The van der Waals surface area contributed by atoms with Crippen LogP contribution < -0.4 is 0 Å². The first-order valence-corrected chi connectivity index (χ1v) is 12.5. The molecule has 0 saturated heterocycles. The third-order valence-electron chi connectivity index (χ3n) is 4.35. The number of rotatable bonds is 3. The van der Waals surface area contributed by atoms with Crippen LogP contribution in [-0.4, -0.2) is 47.2 Å². The van der Waals surface area contributed by atoms with Crippen molar-refractivity contribution < 1.29 is 0 Å². The molecule has 32 heavy (non-hydrogen) atoms. The summed E-state index contributed by atoms with van der Waals surface area (Å²) in [5.41, 5.74) is 13.7. The molecular weight excluding hydrogens is 439 g/mol. The van der Waals surface area contributed by atoms with E-state index in [9.17, 15) is 0 Å². The molecule has 0 saturated carbocycles. The van der Waals surface area contributed by atoms with Crippen molar-refractivity contribution in [3.05, 3.63) is 16.0 Å². The molecule has 0 amide bonds. The standard InChI is InChI=1S/C24H54N3P.ClH.N3/c1-19(2,3)25(20(4,5)6)28(26(21(7,8)9)22(10,11)12)27(23(13,14)15)24(16,17)18;;1-3-2/h1-18H3;1H;/q;;-1. The van der Waals surface area contributed by atoms with Crippen molar-refractivity contribution in [2.45, 2.75) is 158 Å². The molecule has 0 aromatic heterocycles. The van der Waals surface area contributed by atoms with Crippen molar-refractivity contribution in [3.8, 4) is 0 Å². The van der Waals surface area contributed by atoms with Gasteiger partial charge in [-0.1, -0.05) is 0 Å². The van der Waals surface area contributed by atoms with E-state index in [1.54, 1.807) is 0 Å². The lowest BCUT2D eigenvalue weighted by Gasteiger charge is -2.65. The van der Waals surface area contributed by atoms with E-state index in [4.69, 9.17) is 11.1 Å². The molecule has 194 valence electrons. The highest BCUT2D eigenvalue weighted by Gasteiger charge is 2.53. The molecule has 0 aromatic carbocycles. The topological polar surface area (TPSA) is 68.4 Å². The first kappa shape index (κ1) is 36.5. The van der Waals surface area contributed by atoms with Gasteiger partial charge in [0.1, 0.15) is 8.37 Å². The summed E-state index contributed by atoms with van der Waals surface area (Å²) in [7, 11) is -0.779. The lowest BCUT2D eigenvalue weighted by Crippen LogP contribution is -2.64. The Morgan fingerprint density at radius 2 is 0.500 bits per heavy atom. The number of halogens is 1. The van der Waals surface area contributed by atoms with Gasteiger partial charge in [0.15, 0.2) is 0 Å². The Kier molecular flexibility index (Phi) is 13.2. The molecule has 0 bridgehead atoms. The van der Waals surface area contributed by atoms with Gasteiger partial charge >= 0.3 is 0 Å². The summed E-state index contributed by atoms with van der Waals surface area (Å²) in [6.07, 6.45) is 0. The van der Waals surface area contributed by atoms with Crippen molar-refractivity contribution in [2.24, 2.45) is 0 Å². The van der Waals surface area contributed by atoms with Crippen LogP contribution in [0.15, 0.2) is 0 Å². The molecule has 0 aliphatic rings. The third kappa shape index (κ3) is 10.9. The maximum Gasteiger partial charge on any atom is 0.123 e. The van der Waals surface area contributed by atoms with Crippen LogP contribution in [0.25, 0.3) is 16.0 Å². The predicted octanol–water partition coefficient (Wildman–Crippen LogP) is 9.20. The average molecular weight is 494 g/mol. The van der Waals surface area contributed by atoms with Crippen molar-refractivity contribution >= 4 is 20.8 Å². The first-order chi connectivity index (χ1) is 13.1. The van der Waals surface area contributed by atoms with Crippen LogP contribution in [0.1, 0.15) is 125 Å². The molecule has 6 nitrogen and oxygen atoms in total. The Morgan fingerprint density at radius 1 is 0.406 bits per heavy atom. The zero-order chi connectivity index (χ0) is 26.0. The van der Waals surface area contributed by atoms with Gasteiger partial charge in [0.2, 0.25) is 0 Å². The Bertz CT molecular complexity index is 471. The van der Waals surface area contributed by atoms with Crippen molar-refractivity contribution in [1.29, 1.82) is 0 Å². The van der Waals surface area contributed by atoms with Gasteiger partial charge in [-0.15, -0.1) is 12.4 Å². The lowest BCUT2D eigenvalue weighted by molar-refractivity contribution is 0.0451. The maximum atomic E-state index is 6.75. The zero-order valence-electron chi connectivity index (χ0n) is 24.5. The molecule has 8 heteroatoms. The van der Waals surface area contributed by atoms with Gasteiger partial charge in [0, 0.05) is 33.2 Å². The smallest absolute Gasteiger partial charge is 0.123 e. The van der Waals surface area contributed by atoms with E-state index in [1.807, 2.05) is 0 Å². The number of nitrogens with zero attached hydrogens (tertiary/aromatic N) is 6. The van der Waals surface area contributed by atoms with Gasteiger partial charge in [-0.2, -0.15) is 0 Å². The molecule has 0 N–H and O–H groups in total. The van der Waals surface area contributed by atoms with E-state index in [-0.39, 0.29) is 45.6 Å². The Labute approximate surface area is 208 Å². The first-order valence-electron chi connectivity index (χ1n) is 11.3. The second-order valence-corrected chi connectivity index (χ2v) is 16.1. The molecule has 0 radical (unpaired) electrons. The highest BCUT2D eigenvalue weighted by Crippen LogP contribution is 2.64. The second-order valence-electron chi connectivity index (χ2n) is 14.3. The van der Waals surface area contributed by atoms with Crippen molar-refractivity contribution in [1.82, 2.24) is 14.0 Å². The Balaban J connectivity index is -0.00000198. The van der Waals surface area contributed by atoms with Gasteiger partial charge in [0.05, 0.1) is 0 Å². The fourth-order valence-corrected chi connectivity index (χ4v) is 8.65. The Morgan fingerprint density at radius 3 is 0.562 bits per heavy atom. The quantitative estimate of drug-likeness (QED) is 0.170. The van der Waals surface area contributed by atoms with Crippen LogP contribution in [-0.2, 0) is 0 Å². The summed E-state index contributed by atoms with van der Waals surface area (Å²) >= 11 is 0. The highest BCUT2D eigenvalue weighted by atomic mass is 35.5. The summed E-state index contributed by atoms with van der Waals surface area (Å²) in [4.78, 5) is 1.50. The molecule has 0 aliphatic heterocycles. The SMILES string of the molecule is CC(C)(C)N(P(N(C(C)(C)C)C(C)(C)C)N(C(C)(C)C)C(C)(C)C)C(C)(C)C.Cl.[N-]=[N+]=[N-]. The molecule has 0 spiro atoms. The normalized spacial score (nSPS) is 14.3. The second kappa shape index (κ2) is 11.6. The maximum absolute atomic E-state index is 6.75. The van der Waals surface area contributed by atoms with Gasteiger partial charge in [-0.05, 0) is 125 Å². The molecule has 0 atom stereocenters. The fourth-order valence-electron chi connectivity index (χ4n) is 4.90. The summed E-state index contributed by atoms with van der Waals surface area (Å²) in [6.45, 7) is 42.8. The zero-order valence-corrected chi connectivity index (χ0v) is 26.2. The van der Waals surface area contributed by atoms with E-state index < -0.39 is 8.37 Å². The summed E-state index contributed by atoms with van der Waals surface area (Å²) in [5.74, 6) is 0. The highest BCUT2D eigenvalue weighted by molar-refractivity contribution is 7.50. The van der Waals surface area contributed by atoms with Crippen LogP contribution in [0, 0.1) is 0 Å². The van der Waals surface area contributed by atoms with Crippen molar-refractivity contribution in [2.75, 3.05) is 0 Å². The summed E-state index contributed by atoms with van der Waals surface area (Å²) < 4.78 is 8.38. The minimum Gasteiger partial charge on any atom is -0.373 e. The van der Waals surface area contributed by atoms with E-state index in [2.05, 4.69) is 139 Å². The predicted molar refractivity (Wildman–Crippen MR) is 148 cm³/mol. The largest absolute Gasteiger partial charge is 0.373 e. The molecule has 0 rings (SSSR count). The fraction of sp³-hybridized carbons (Fsp3) is 1.00. The van der Waals surface area contributed by atoms with E-state index in [0.717, 1.165) is 0 Å². The van der Waals surface area contributed by atoms with Gasteiger partial charge in [-0.3, -0.25) is 4.91 Å². The monoisotopic (exact) mass is 493 g/mol. The van der Waals surface area contributed by atoms with Crippen LogP contribution >= 0.6 is 20.8 Å². The average Bonchev–Trinajstić information content (AvgIpc) is 2.27. The number of hydrogen-bond acceptors (Lipinski definition) is 3. The number of hydrogen-bond donors (Lipinski definition) is 0. The minimum atomic E-state index is -0.779. The van der Waals surface area contributed by atoms with Gasteiger partial charge < -0.3 is 11.1 Å². The third-order valence-corrected chi connectivity index (χ3v) is 9.02. The van der Waals surface area contributed by atoms with Gasteiger partial charge in [0.25, 0.3) is 0 Å². The molecule has 0 unspecified atom stereocenters. The van der Waals surface area contributed by atoms with Crippen LogP contribution in [0.5, 0.6) is 0 Å². The van der Waals surface area contributed by atoms with E-state index in [1.165, 1.54) is 4.91 Å². The van der Waals surface area contributed by atoms with Crippen LogP contribution in [0.4, 0.5) is 0 Å². The molecule has 0 aliphatic carbocycles. The lowest BCUT2D eigenvalue weighted by atomic mass is 10.0. The van der Waals surface area contributed by atoms with Crippen molar-refractivity contribution in [3.63, 3.8) is 0 Å². The summed E-state index contributed by atoms with van der Waals surface area (Å²) in [6, 6.07) is 0. The van der Waals surface area contributed by atoms with E-state index in [0.29, 0.717) is 0 Å². The molecule has 0 fully saturated rings. The minimum absolute atomic E-state index is 0. The Hall–Kier alpha value is -0.0900. The molecule has 0 aromatic rings. The summed E-state index contributed by atoms with van der Waals surface area (Å²) in [5, 5.41) is 0.